The Balaban J connectivity index is 1.59. The summed E-state index contributed by atoms with van der Waals surface area (Å²) in [6, 6.07) is 10.1. The highest BCUT2D eigenvalue weighted by Gasteiger charge is 2.29. The van der Waals surface area contributed by atoms with Crippen LogP contribution in [0.25, 0.3) is 16.9 Å². The average Bonchev–Trinajstić information content (AvgIpc) is 3.27. The minimum absolute atomic E-state index is 0.0574. The Hall–Kier alpha value is -3.39. The zero-order valence-electron chi connectivity index (χ0n) is 23.3. The van der Waals surface area contributed by atoms with Crippen LogP contribution in [0.15, 0.2) is 36.4 Å². The van der Waals surface area contributed by atoms with Crippen molar-refractivity contribution in [2.45, 2.75) is 65.8 Å². The fourth-order valence-corrected chi connectivity index (χ4v) is 5.95. The molecule has 2 aromatic carbocycles. The molecule has 8 heteroatoms. The number of aromatic nitrogens is 2. The third kappa shape index (κ3) is 6.11. The maximum absolute atomic E-state index is 15.2. The molecule has 5 rings (SSSR count). The summed E-state index contributed by atoms with van der Waals surface area (Å²) in [7, 11) is 0. The molecule has 2 amide bonds. The second-order valence-electron chi connectivity index (χ2n) is 11.5. The predicted octanol–water partition coefficient (Wildman–Crippen LogP) is 6.45. The average molecular weight is 534 g/mol. The van der Waals surface area contributed by atoms with E-state index in [0.29, 0.717) is 18.1 Å². The van der Waals surface area contributed by atoms with E-state index in [-0.39, 0.29) is 5.69 Å². The molecule has 1 aromatic heterocycles. The van der Waals surface area contributed by atoms with Gasteiger partial charge >= 0.3 is 6.03 Å². The molecule has 208 valence electrons. The van der Waals surface area contributed by atoms with E-state index < -0.39 is 11.8 Å². The van der Waals surface area contributed by atoms with Crippen LogP contribution < -0.4 is 15.8 Å². The van der Waals surface area contributed by atoms with Gasteiger partial charge in [0.25, 0.3) is 0 Å². The van der Waals surface area contributed by atoms with E-state index in [1.807, 2.05) is 22.9 Å². The van der Waals surface area contributed by atoms with Crippen LogP contribution >= 0.6 is 0 Å². The fourth-order valence-electron chi connectivity index (χ4n) is 5.95. The van der Waals surface area contributed by atoms with Crippen LogP contribution in [0.3, 0.4) is 0 Å². The summed E-state index contributed by atoms with van der Waals surface area (Å²) in [5, 5.41) is 7.49. The van der Waals surface area contributed by atoms with E-state index in [1.165, 1.54) is 38.2 Å². The van der Waals surface area contributed by atoms with Crippen molar-refractivity contribution in [1.82, 2.24) is 14.7 Å². The Morgan fingerprint density at radius 3 is 2.72 bits per heavy atom. The molecule has 1 aliphatic carbocycles. The Kier molecular flexibility index (Phi) is 8.21. The number of carbonyl (C=O) groups is 1. The number of carbonyl (C=O) groups excluding carboxylic acids is 1. The summed E-state index contributed by atoms with van der Waals surface area (Å²) in [4.78, 5) is 13.9. The first-order valence-electron chi connectivity index (χ1n) is 14.2. The van der Waals surface area contributed by atoms with Gasteiger partial charge in [0.2, 0.25) is 0 Å². The molecule has 0 unspecified atom stereocenters. The van der Waals surface area contributed by atoms with Crippen LogP contribution in [0.5, 0.6) is 5.75 Å². The number of fused-ring (bicyclic) bond motifs is 1. The molecule has 3 N–H and O–H groups in total. The summed E-state index contributed by atoms with van der Waals surface area (Å²) >= 11 is 0. The van der Waals surface area contributed by atoms with E-state index in [4.69, 9.17) is 15.6 Å². The molecule has 7 nitrogen and oxygen atoms in total. The highest BCUT2D eigenvalue weighted by Crippen LogP contribution is 2.38. The lowest BCUT2D eigenvalue weighted by atomic mass is 9.88. The molecule has 1 aliphatic heterocycles. The van der Waals surface area contributed by atoms with Crippen molar-refractivity contribution in [2.75, 3.05) is 25.0 Å². The number of ether oxygens (including phenoxy) is 1. The quantitative estimate of drug-likeness (QED) is 0.348. The van der Waals surface area contributed by atoms with Gasteiger partial charge in [0, 0.05) is 37.2 Å². The Morgan fingerprint density at radius 2 is 2.00 bits per heavy atom. The topological polar surface area (TPSA) is 85.4 Å². The van der Waals surface area contributed by atoms with Gasteiger partial charge in [-0.2, -0.15) is 5.10 Å². The van der Waals surface area contributed by atoms with Crippen molar-refractivity contribution >= 4 is 11.7 Å². The molecular formula is C31H40FN5O2. The number of halogens is 1. The number of primary amides is 1. The van der Waals surface area contributed by atoms with Gasteiger partial charge in [-0.1, -0.05) is 51.3 Å². The molecule has 0 spiro atoms. The molecule has 0 radical (unpaired) electrons. The molecule has 2 heterocycles. The van der Waals surface area contributed by atoms with E-state index in [1.54, 1.807) is 6.07 Å². The van der Waals surface area contributed by atoms with Gasteiger partial charge in [0.15, 0.2) is 0 Å². The van der Waals surface area contributed by atoms with Crippen molar-refractivity contribution in [2.24, 2.45) is 17.6 Å². The molecule has 2 aliphatic rings. The number of anilines is 1. The van der Waals surface area contributed by atoms with Gasteiger partial charge in [-0.3, -0.25) is 4.90 Å². The van der Waals surface area contributed by atoms with E-state index in [0.717, 1.165) is 65.9 Å². The second kappa shape index (κ2) is 11.8. The normalized spacial score (nSPS) is 16.3. The number of urea groups is 1. The first-order chi connectivity index (χ1) is 18.8. The van der Waals surface area contributed by atoms with Gasteiger partial charge in [0.05, 0.1) is 23.7 Å². The lowest BCUT2D eigenvalue weighted by Crippen LogP contribution is -2.35. The molecule has 1 saturated carbocycles. The Morgan fingerprint density at radius 1 is 1.21 bits per heavy atom. The van der Waals surface area contributed by atoms with E-state index in [2.05, 4.69) is 37.1 Å². The molecule has 39 heavy (non-hydrogen) atoms. The minimum Gasteiger partial charge on any atom is -0.491 e. The first-order valence-corrected chi connectivity index (χ1v) is 14.2. The van der Waals surface area contributed by atoms with Crippen molar-refractivity contribution < 1.29 is 13.9 Å². The number of nitrogens with one attached hydrogen (secondary N) is 1. The van der Waals surface area contributed by atoms with Crippen LogP contribution in [-0.2, 0) is 13.0 Å². The van der Waals surface area contributed by atoms with Gasteiger partial charge in [0.1, 0.15) is 17.3 Å². The zero-order valence-corrected chi connectivity index (χ0v) is 23.3. The molecule has 0 bridgehead atoms. The molecule has 3 aromatic rings. The number of nitrogens with two attached hydrogens (primary N) is 1. The van der Waals surface area contributed by atoms with Gasteiger partial charge in [-0.15, -0.1) is 0 Å². The standard InChI is InChI=1S/C31H40FN5O2/c1-20(2)19-39-28-11-7-8-21(3)29(28)37-30(23-12-13-27(25(32)16-23)34-31(33)38)24-18-36(15-14-26(24)35-37)17-22-9-5-4-6-10-22/h7-8,11-13,16,20,22H,4-6,9-10,14-15,17-19H2,1-3H3,(H3,33,34,38). The Bertz CT molecular complexity index is 1330. The summed E-state index contributed by atoms with van der Waals surface area (Å²) in [6.07, 6.45) is 7.44. The minimum atomic E-state index is -0.797. The number of amides is 2. The van der Waals surface area contributed by atoms with Crippen molar-refractivity contribution in [3.05, 3.63) is 59.0 Å². The Labute approximate surface area is 230 Å². The van der Waals surface area contributed by atoms with Crippen molar-refractivity contribution in [3.8, 4) is 22.7 Å². The number of nitrogens with zero attached hydrogens (tertiary/aromatic N) is 3. The third-order valence-corrected chi connectivity index (χ3v) is 7.84. The first kappa shape index (κ1) is 27.2. The van der Waals surface area contributed by atoms with E-state index in [9.17, 15) is 4.79 Å². The second-order valence-corrected chi connectivity index (χ2v) is 11.5. The van der Waals surface area contributed by atoms with Crippen molar-refractivity contribution in [3.63, 3.8) is 0 Å². The summed E-state index contributed by atoms with van der Waals surface area (Å²) in [5.74, 6) is 1.33. The largest absolute Gasteiger partial charge is 0.491 e. The van der Waals surface area contributed by atoms with Gasteiger partial charge < -0.3 is 15.8 Å². The number of rotatable bonds is 8. The maximum Gasteiger partial charge on any atom is 0.316 e. The number of aryl methyl sites for hydroxylation is 1. The van der Waals surface area contributed by atoms with Gasteiger partial charge in [-0.25, -0.2) is 13.9 Å². The molecular weight excluding hydrogens is 493 g/mol. The maximum atomic E-state index is 15.2. The third-order valence-electron chi connectivity index (χ3n) is 7.84. The van der Waals surface area contributed by atoms with Crippen LogP contribution in [0.4, 0.5) is 14.9 Å². The smallest absolute Gasteiger partial charge is 0.316 e. The highest BCUT2D eigenvalue weighted by atomic mass is 19.1. The van der Waals surface area contributed by atoms with Crippen LogP contribution in [0.1, 0.15) is 62.8 Å². The van der Waals surface area contributed by atoms with Crippen LogP contribution in [-0.4, -0.2) is 40.4 Å². The van der Waals surface area contributed by atoms with Crippen LogP contribution in [0.2, 0.25) is 0 Å². The lowest BCUT2D eigenvalue weighted by molar-refractivity contribution is 0.187. The molecule has 1 fully saturated rings. The van der Waals surface area contributed by atoms with Gasteiger partial charge in [-0.05, 0) is 55.4 Å². The summed E-state index contributed by atoms with van der Waals surface area (Å²) < 4.78 is 23.4. The number of para-hydroxylation sites is 1. The number of benzene rings is 2. The lowest BCUT2D eigenvalue weighted by Gasteiger charge is -2.32. The van der Waals surface area contributed by atoms with Crippen LogP contribution in [0, 0.1) is 24.6 Å². The number of hydrogen-bond acceptors (Lipinski definition) is 4. The molecule has 0 atom stereocenters. The zero-order chi connectivity index (χ0) is 27.5. The number of hydrogen-bond donors (Lipinski definition) is 2. The molecule has 0 saturated heterocycles. The van der Waals surface area contributed by atoms with Crippen molar-refractivity contribution in [1.29, 1.82) is 0 Å². The highest BCUT2D eigenvalue weighted by molar-refractivity contribution is 5.88. The SMILES string of the molecule is Cc1cccc(OCC(C)C)c1-n1nc2c(c1-c1ccc(NC(N)=O)c(F)c1)CN(CC1CCCCC1)CC2. The monoisotopic (exact) mass is 533 g/mol. The van der Waals surface area contributed by atoms with E-state index >= 15 is 4.39 Å². The summed E-state index contributed by atoms with van der Waals surface area (Å²) in [5.41, 5.74) is 11.0. The summed E-state index contributed by atoms with van der Waals surface area (Å²) in [6.45, 7) is 9.73. The fraction of sp³-hybridized carbons (Fsp3) is 0.484. The predicted molar refractivity (Wildman–Crippen MR) is 153 cm³/mol.